The van der Waals surface area contributed by atoms with Gasteiger partial charge in [-0.3, -0.25) is 4.79 Å². The Labute approximate surface area is 93.5 Å². The zero-order chi connectivity index (χ0) is 11.4. The number of nitriles is 1. The summed E-state index contributed by atoms with van der Waals surface area (Å²) in [6.07, 6.45) is 7.68. The van der Waals surface area contributed by atoms with Gasteiger partial charge in [-0.15, -0.1) is 0 Å². The smallest absolute Gasteiger partial charge is 0.255 e. The van der Waals surface area contributed by atoms with Gasteiger partial charge < -0.3 is 5.32 Å². The summed E-state index contributed by atoms with van der Waals surface area (Å²) in [7, 11) is 0. The summed E-state index contributed by atoms with van der Waals surface area (Å²) in [6, 6.07) is 2.21. The minimum absolute atomic E-state index is 0.274. The van der Waals surface area contributed by atoms with Gasteiger partial charge in [0, 0.05) is 12.4 Å². The summed E-state index contributed by atoms with van der Waals surface area (Å²) in [4.78, 5) is 19.4. The Hall–Kier alpha value is -1.96. The van der Waals surface area contributed by atoms with Gasteiger partial charge in [0.15, 0.2) is 0 Å². The zero-order valence-corrected chi connectivity index (χ0v) is 8.81. The van der Waals surface area contributed by atoms with Crippen molar-refractivity contribution >= 4 is 5.91 Å². The Morgan fingerprint density at radius 1 is 1.38 bits per heavy atom. The van der Waals surface area contributed by atoms with Crippen LogP contribution in [0.4, 0.5) is 0 Å². The lowest BCUT2D eigenvalue weighted by Gasteiger charge is -2.21. The molecular weight excluding hydrogens is 204 g/mol. The molecule has 1 saturated carbocycles. The molecule has 5 heteroatoms. The van der Waals surface area contributed by atoms with Crippen molar-refractivity contribution < 1.29 is 4.79 Å². The molecule has 1 aromatic rings. The van der Waals surface area contributed by atoms with Gasteiger partial charge in [-0.1, -0.05) is 0 Å². The second-order valence-electron chi connectivity index (χ2n) is 3.98. The summed E-state index contributed by atoms with van der Waals surface area (Å²) in [5.41, 5.74) is -0.295. The molecule has 0 radical (unpaired) electrons. The Morgan fingerprint density at radius 3 is 2.56 bits per heavy atom. The van der Waals surface area contributed by atoms with Crippen molar-refractivity contribution in [2.24, 2.45) is 0 Å². The van der Waals surface area contributed by atoms with Crippen molar-refractivity contribution in [2.75, 3.05) is 0 Å². The summed E-state index contributed by atoms with van der Waals surface area (Å²) in [5, 5.41) is 11.9. The number of aromatic nitrogens is 2. The Bertz CT molecular complexity index is 417. The van der Waals surface area contributed by atoms with E-state index in [0.29, 0.717) is 5.56 Å². The Kier molecular flexibility index (Phi) is 2.82. The second-order valence-corrected chi connectivity index (χ2v) is 3.98. The fourth-order valence-corrected chi connectivity index (χ4v) is 1.95. The first-order valence-corrected chi connectivity index (χ1v) is 5.24. The highest BCUT2D eigenvalue weighted by atomic mass is 16.1. The molecule has 1 aromatic heterocycles. The van der Waals surface area contributed by atoms with Crippen molar-refractivity contribution in [1.82, 2.24) is 15.3 Å². The van der Waals surface area contributed by atoms with Gasteiger partial charge in [-0.25, -0.2) is 9.97 Å². The van der Waals surface area contributed by atoms with Crippen molar-refractivity contribution in [3.63, 3.8) is 0 Å². The van der Waals surface area contributed by atoms with E-state index >= 15 is 0 Å². The van der Waals surface area contributed by atoms with Crippen molar-refractivity contribution in [3.05, 3.63) is 24.3 Å². The number of rotatable bonds is 2. The predicted octanol–water partition coefficient (Wildman–Crippen LogP) is 1.04. The van der Waals surface area contributed by atoms with Gasteiger partial charge in [-0.2, -0.15) is 5.26 Å². The number of nitrogens with one attached hydrogen (secondary N) is 1. The second kappa shape index (κ2) is 4.27. The number of carbonyl (C=O) groups is 1. The number of carbonyl (C=O) groups excluding carboxylic acids is 1. The van der Waals surface area contributed by atoms with Crippen LogP contribution in [0.1, 0.15) is 36.0 Å². The first kappa shape index (κ1) is 10.6. The van der Waals surface area contributed by atoms with E-state index in [2.05, 4.69) is 21.4 Å². The summed E-state index contributed by atoms with van der Waals surface area (Å²) in [6.45, 7) is 0. The molecule has 1 aliphatic carbocycles. The van der Waals surface area contributed by atoms with Crippen LogP contribution in [-0.2, 0) is 0 Å². The Morgan fingerprint density at radius 2 is 2.00 bits per heavy atom. The van der Waals surface area contributed by atoms with Crippen LogP contribution in [0.5, 0.6) is 0 Å². The number of hydrogen-bond acceptors (Lipinski definition) is 4. The molecule has 0 aromatic carbocycles. The maximum atomic E-state index is 11.8. The molecule has 0 saturated heterocycles. The van der Waals surface area contributed by atoms with Gasteiger partial charge in [0.1, 0.15) is 11.9 Å². The fourth-order valence-electron chi connectivity index (χ4n) is 1.95. The van der Waals surface area contributed by atoms with Crippen LogP contribution < -0.4 is 5.32 Å². The standard InChI is InChI=1S/C11H12N4O/c12-7-11(3-1-2-4-11)15-10(16)9-5-13-8-14-6-9/h5-6,8H,1-4H2,(H,15,16). The van der Waals surface area contributed by atoms with Gasteiger partial charge >= 0.3 is 0 Å². The van der Waals surface area contributed by atoms with E-state index in [0.717, 1.165) is 25.7 Å². The fraction of sp³-hybridized carbons (Fsp3) is 0.455. The third kappa shape index (κ3) is 2.01. The molecule has 0 spiro atoms. The monoisotopic (exact) mass is 216 g/mol. The van der Waals surface area contributed by atoms with E-state index in [1.807, 2.05) is 0 Å². The first-order valence-electron chi connectivity index (χ1n) is 5.24. The molecule has 1 fully saturated rings. The molecule has 82 valence electrons. The lowest BCUT2D eigenvalue weighted by atomic mass is 9.99. The van der Waals surface area contributed by atoms with Crippen LogP contribution in [0.15, 0.2) is 18.7 Å². The van der Waals surface area contributed by atoms with Crippen LogP contribution in [0.2, 0.25) is 0 Å². The van der Waals surface area contributed by atoms with E-state index in [9.17, 15) is 4.79 Å². The molecule has 1 N–H and O–H groups in total. The SMILES string of the molecule is N#CC1(NC(=O)c2cncnc2)CCCC1. The summed E-state index contributed by atoms with van der Waals surface area (Å²) >= 11 is 0. The highest BCUT2D eigenvalue weighted by Crippen LogP contribution is 2.29. The number of nitrogens with zero attached hydrogens (tertiary/aromatic N) is 3. The average molecular weight is 216 g/mol. The molecule has 0 unspecified atom stereocenters. The largest absolute Gasteiger partial charge is 0.334 e. The van der Waals surface area contributed by atoms with Gasteiger partial charge in [0.2, 0.25) is 0 Å². The maximum absolute atomic E-state index is 11.8. The van der Waals surface area contributed by atoms with E-state index in [1.54, 1.807) is 0 Å². The van der Waals surface area contributed by atoms with Gasteiger partial charge in [-0.05, 0) is 25.7 Å². The minimum atomic E-state index is -0.688. The number of hydrogen-bond donors (Lipinski definition) is 1. The molecule has 1 aliphatic rings. The van der Waals surface area contributed by atoms with Crippen LogP contribution in [0, 0.1) is 11.3 Å². The van der Waals surface area contributed by atoms with Crippen LogP contribution in [0.3, 0.4) is 0 Å². The van der Waals surface area contributed by atoms with Crippen molar-refractivity contribution in [2.45, 2.75) is 31.2 Å². The highest BCUT2D eigenvalue weighted by Gasteiger charge is 2.35. The molecule has 2 rings (SSSR count). The van der Waals surface area contributed by atoms with E-state index < -0.39 is 5.54 Å². The lowest BCUT2D eigenvalue weighted by molar-refractivity contribution is 0.0920. The minimum Gasteiger partial charge on any atom is -0.334 e. The maximum Gasteiger partial charge on any atom is 0.255 e. The quantitative estimate of drug-likeness (QED) is 0.801. The molecule has 5 nitrogen and oxygen atoms in total. The topological polar surface area (TPSA) is 78.7 Å². The van der Waals surface area contributed by atoms with Gasteiger partial charge in [0.05, 0.1) is 11.6 Å². The van der Waals surface area contributed by atoms with E-state index in [4.69, 9.17) is 5.26 Å². The molecule has 1 heterocycles. The highest BCUT2D eigenvalue weighted by molar-refractivity contribution is 5.94. The summed E-state index contributed by atoms with van der Waals surface area (Å²) in [5.74, 6) is -0.274. The van der Waals surface area contributed by atoms with E-state index in [1.165, 1.54) is 18.7 Å². The lowest BCUT2D eigenvalue weighted by Crippen LogP contribution is -2.45. The van der Waals surface area contributed by atoms with Gasteiger partial charge in [0.25, 0.3) is 5.91 Å². The van der Waals surface area contributed by atoms with Crippen LogP contribution in [0.25, 0.3) is 0 Å². The molecular formula is C11H12N4O. The molecule has 0 bridgehead atoms. The first-order chi connectivity index (χ1) is 7.76. The molecule has 1 amide bonds. The molecule has 0 aliphatic heterocycles. The third-order valence-electron chi connectivity index (χ3n) is 2.85. The predicted molar refractivity (Wildman–Crippen MR) is 56.3 cm³/mol. The zero-order valence-electron chi connectivity index (χ0n) is 8.81. The van der Waals surface area contributed by atoms with Crippen LogP contribution in [-0.4, -0.2) is 21.4 Å². The molecule has 0 atom stereocenters. The van der Waals surface area contributed by atoms with Crippen LogP contribution >= 0.6 is 0 Å². The van der Waals surface area contributed by atoms with E-state index in [-0.39, 0.29) is 5.91 Å². The average Bonchev–Trinajstić information content (AvgIpc) is 2.79. The third-order valence-corrected chi connectivity index (χ3v) is 2.85. The normalized spacial score (nSPS) is 17.7. The van der Waals surface area contributed by atoms with Crippen molar-refractivity contribution in [1.29, 1.82) is 5.26 Å². The number of amides is 1. The molecule has 16 heavy (non-hydrogen) atoms. The van der Waals surface area contributed by atoms with Crippen molar-refractivity contribution in [3.8, 4) is 6.07 Å². The Balaban J connectivity index is 2.11. The summed E-state index contributed by atoms with van der Waals surface area (Å²) < 4.78 is 0.